The van der Waals surface area contributed by atoms with Crippen LogP contribution in [0.25, 0.3) is 0 Å². The molecule has 0 saturated carbocycles. The minimum atomic E-state index is -4.56. The first-order valence-corrected chi connectivity index (χ1v) is 8.60. The predicted octanol–water partition coefficient (Wildman–Crippen LogP) is 5.16. The molecule has 0 aliphatic heterocycles. The summed E-state index contributed by atoms with van der Waals surface area (Å²) >= 11 is 7.16. The molecule has 0 bridgehead atoms. The Morgan fingerprint density at radius 2 is 1.88 bits per heavy atom. The number of amides is 1. The molecule has 8 heteroatoms. The van der Waals surface area contributed by atoms with E-state index in [0.29, 0.717) is 15.6 Å². The van der Waals surface area contributed by atoms with Crippen LogP contribution in [0.5, 0.6) is 0 Å². The predicted molar refractivity (Wildman–Crippen MR) is 96.6 cm³/mol. The van der Waals surface area contributed by atoms with Gasteiger partial charge in [0.1, 0.15) is 0 Å². The zero-order chi connectivity index (χ0) is 18.6. The van der Waals surface area contributed by atoms with Crippen molar-refractivity contribution in [2.24, 2.45) is 0 Å². The van der Waals surface area contributed by atoms with Gasteiger partial charge in [0.15, 0.2) is 0 Å². The van der Waals surface area contributed by atoms with Crippen molar-refractivity contribution >= 4 is 40.6 Å². The fourth-order valence-corrected chi connectivity index (χ4v) is 3.08. The Kier molecular flexibility index (Phi) is 6.24. The minimum Gasteiger partial charge on any atom is -0.378 e. The van der Waals surface area contributed by atoms with Crippen molar-refractivity contribution in [2.45, 2.75) is 11.1 Å². The first-order chi connectivity index (χ1) is 11.7. The molecular weight excluding hydrogens is 373 g/mol. The Morgan fingerprint density at radius 3 is 2.48 bits per heavy atom. The molecule has 0 atom stereocenters. The molecule has 3 nitrogen and oxygen atoms in total. The van der Waals surface area contributed by atoms with Gasteiger partial charge in [-0.15, -0.1) is 11.8 Å². The normalized spacial score (nSPS) is 11.3. The number of alkyl halides is 3. The average molecular weight is 389 g/mol. The van der Waals surface area contributed by atoms with Crippen molar-refractivity contribution in [2.75, 3.05) is 30.1 Å². The maximum atomic E-state index is 13.3. The van der Waals surface area contributed by atoms with E-state index in [-0.39, 0.29) is 11.4 Å². The van der Waals surface area contributed by atoms with Crippen molar-refractivity contribution in [3.63, 3.8) is 0 Å². The number of hydrogen-bond donors (Lipinski definition) is 1. The van der Waals surface area contributed by atoms with Crippen LogP contribution in [0.4, 0.5) is 24.5 Å². The van der Waals surface area contributed by atoms with Gasteiger partial charge in [-0.2, -0.15) is 13.2 Å². The summed E-state index contributed by atoms with van der Waals surface area (Å²) in [5, 5.41) is 2.82. The number of halogens is 4. The summed E-state index contributed by atoms with van der Waals surface area (Å²) in [5.74, 6) is -0.579. The van der Waals surface area contributed by atoms with Crippen molar-refractivity contribution in [3.05, 3.63) is 53.1 Å². The van der Waals surface area contributed by atoms with Crippen LogP contribution in [0.1, 0.15) is 5.56 Å². The molecule has 134 valence electrons. The average Bonchev–Trinajstić information content (AvgIpc) is 2.53. The Bertz CT molecular complexity index is 766. The van der Waals surface area contributed by atoms with Crippen LogP contribution in [0.2, 0.25) is 5.02 Å². The molecule has 0 unspecified atom stereocenters. The highest BCUT2D eigenvalue weighted by Gasteiger charge is 2.34. The summed E-state index contributed by atoms with van der Waals surface area (Å²) in [7, 11) is 3.29. The largest absolute Gasteiger partial charge is 0.418 e. The maximum absolute atomic E-state index is 13.3. The van der Waals surface area contributed by atoms with Gasteiger partial charge in [0.05, 0.1) is 22.0 Å². The van der Waals surface area contributed by atoms with E-state index in [0.717, 1.165) is 17.8 Å². The summed E-state index contributed by atoms with van der Waals surface area (Å²) in [5.41, 5.74) is -0.742. The summed E-state index contributed by atoms with van der Waals surface area (Å²) < 4.78 is 39.8. The number of carbonyl (C=O) groups excluding carboxylic acids is 1. The van der Waals surface area contributed by atoms with Crippen molar-refractivity contribution < 1.29 is 18.0 Å². The van der Waals surface area contributed by atoms with Gasteiger partial charge in [-0.25, -0.2) is 0 Å². The molecule has 0 heterocycles. The lowest BCUT2D eigenvalue weighted by molar-refractivity contribution is -0.136. The molecule has 1 amide bonds. The van der Waals surface area contributed by atoms with Crippen LogP contribution in [-0.2, 0) is 11.0 Å². The van der Waals surface area contributed by atoms with Crippen LogP contribution >= 0.6 is 23.4 Å². The van der Waals surface area contributed by atoms with E-state index >= 15 is 0 Å². The molecule has 2 aromatic carbocycles. The molecule has 0 aromatic heterocycles. The molecule has 0 aliphatic rings. The number of nitrogens with zero attached hydrogens (tertiary/aromatic N) is 1. The lowest BCUT2D eigenvalue weighted by atomic mass is 10.1. The highest BCUT2D eigenvalue weighted by atomic mass is 35.5. The fraction of sp³-hybridized carbons (Fsp3) is 0.235. The zero-order valence-electron chi connectivity index (χ0n) is 13.5. The fourth-order valence-electron chi connectivity index (χ4n) is 2.05. The monoisotopic (exact) mass is 388 g/mol. The van der Waals surface area contributed by atoms with E-state index in [1.807, 2.05) is 0 Å². The smallest absolute Gasteiger partial charge is 0.378 e. The first-order valence-electron chi connectivity index (χ1n) is 7.24. The van der Waals surface area contributed by atoms with Gasteiger partial charge < -0.3 is 10.2 Å². The number of hydrogen-bond acceptors (Lipinski definition) is 3. The third-order valence-electron chi connectivity index (χ3n) is 3.29. The maximum Gasteiger partial charge on any atom is 0.418 e. The lowest BCUT2D eigenvalue weighted by Gasteiger charge is -2.18. The SMILES string of the molecule is CN(C)c1ccc(NC(=O)CSc2ccccc2Cl)c(C(F)(F)F)c1. The molecule has 2 aromatic rings. The number of anilines is 2. The Labute approximate surface area is 153 Å². The second-order valence-corrected chi connectivity index (χ2v) is 6.81. The second kappa shape index (κ2) is 8.01. The highest BCUT2D eigenvalue weighted by molar-refractivity contribution is 8.00. The van der Waals surface area contributed by atoms with Gasteiger partial charge in [0.2, 0.25) is 5.91 Å². The van der Waals surface area contributed by atoms with Crippen molar-refractivity contribution in [1.29, 1.82) is 0 Å². The van der Waals surface area contributed by atoms with Gasteiger partial charge in [-0.3, -0.25) is 4.79 Å². The van der Waals surface area contributed by atoms with E-state index in [9.17, 15) is 18.0 Å². The van der Waals surface area contributed by atoms with Crippen molar-refractivity contribution in [3.8, 4) is 0 Å². The molecule has 25 heavy (non-hydrogen) atoms. The van der Waals surface area contributed by atoms with Crippen molar-refractivity contribution in [1.82, 2.24) is 0 Å². The lowest BCUT2D eigenvalue weighted by Crippen LogP contribution is -2.19. The number of rotatable bonds is 5. The van der Waals surface area contributed by atoms with Crippen LogP contribution < -0.4 is 10.2 Å². The van der Waals surface area contributed by atoms with E-state index in [1.54, 1.807) is 43.3 Å². The van der Waals surface area contributed by atoms with E-state index in [2.05, 4.69) is 5.32 Å². The molecule has 2 rings (SSSR count). The Hall–Kier alpha value is -1.86. The van der Waals surface area contributed by atoms with Gasteiger partial charge in [-0.05, 0) is 30.3 Å². The zero-order valence-corrected chi connectivity index (χ0v) is 15.1. The van der Waals surface area contributed by atoms with Gasteiger partial charge in [-0.1, -0.05) is 23.7 Å². The van der Waals surface area contributed by atoms with Gasteiger partial charge >= 0.3 is 6.18 Å². The third kappa shape index (κ3) is 5.31. The number of nitrogens with one attached hydrogen (secondary N) is 1. The van der Waals surface area contributed by atoms with Gasteiger partial charge in [0, 0.05) is 24.7 Å². The van der Waals surface area contributed by atoms with Crippen LogP contribution in [0, 0.1) is 0 Å². The minimum absolute atomic E-state index is 0.0452. The van der Waals surface area contributed by atoms with E-state index in [1.165, 1.54) is 12.1 Å². The molecule has 0 fully saturated rings. The summed E-state index contributed by atoms with van der Waals surface area (Å²) in [4.78, 5) is 14.3. The highest BCUT2D eigenvalue weighted by Crippen LogP contribution is 2.37. The number of benzene rings is 2. The molecule has 0 radical (unpaired) electrons. The summed E-state index contributed by atoms with van der Waals surface area (Å²) in [6.07, 6.45) is -4.56. The van der Waals surface area contributed by atoms with Crippen LogP contribution in [0.15, 0.2) is 47.4 Å². The molecule has 0 aliphatic carbocycles. The Balaban J connectivity index is 2.13. The molecule has 0 spiro atoms. The van der Waals surface area contributed by atoms with Crippen LogP contribution in [-0.4, -0.2) is 25.8 Å². The first kappa shape index (κ1) is 19.5. The summed E-state index contributed by atoms with van der Waals surface area (Å²) in [6, 6.07) is 10.7. The topological polar surface area (TPSA) is 32.3 Å². The molecule has 0 saturated heterocycles. The van der Waals surface area contributed by atoms with E-state index in [4.69, 9.17) is 11.6 Å². The molecular formula is C17H16ClF3N2OS. The third-order valence-corrected chi connectivity index (χ3v) is 4.81. The Morgan fingerprint density at radius 1 is 1.20 bits per heavy atom. The quantitative estimate of drug-likeness (QED) is 0.718. The number of carbonyl (C=O) groups is 1. The second-order valence-electron chi connectivity index (χ2n) is 5.39. The summed E-state index contributed by atoms with van der Waals surface area (Å²) in [6.45, 7) is 0. The van der Waals surface area contributed by atoms with E-state index < -0.39 is 17.6 Å². The van der Waals surface area contributed by atoms with Gasteiger partial charge in [0.25, 0.3) is 0 Å². The molecule has 1 N–H and O–H groups in total. The van der Waals surface area contributed by atoms with Crippen LogP contribution in [0.3, 0.4) is 0 Å². The number of thioether (sulfide) groups is 1. The standard InChI is InChI=1S/C17H16ClF3N2OS/c1-23(2)11-7-8-14(12(9-11)17(19,20)21)22-16(24)10-25-15-6-4-3-5-13(15)18/h3-9H,10H2,1-2H3,(H,22,24).